The van der Waals surface area contributed by atoms with Gasteiger partial charge < -0.3 is 11.5 Å². The number of aromatic amines is 1. The van der Waals surface area contributed by atoms with Crippen molar-refractivity contribution in [3.05, 3.63) is 28.7 Å². The molecule has 5 nitrogen and oxygen atoms in total. The lowest BCUT2D eigenvalue weighted by molar-refractivity contribution is 0.603. The Labute approximate surface area is 94.6 Å². The van der Waals surface area contributed by atoms with Gasteiger partial charge in [0.2, 0.25) is 5.95 Å². The van der Waals surface area contributed by atoms with E-state index in [9.17, 15) is 4.79 Å². The lowest BCUT2D eigenvalue weighted by Gasteiger charge is -2.07. The first-order valence-electron chi connectivity index (χ1n) is 5.31. The summed E-state index contributed by atoms with van der Waals surface area (Å²) in [5.74, 6) is 0.575. The molecule has 1 atom stereocenters. The van der Waals surface area contributed by atoms with Gasteiger partial charge >= 0.3 is 0 Å². The Kier molecular flexibility index (Phi) is 4.10. The predicted octanol–water partition coefficient (Wildman–Crippen LogP) is 1.08. The zero-order valence-electron chi connectivity index (χ0n) is 9.49. The third-order valence-corrected chi connectivity index (χ3v) is 2.53. The fourth-order valence-electron chi connectivity index (χ4n) is 1.45. The molecule has 0 fully saturated rings. The minimum Gasteiger partial charge on any atom is -0.393 e. The number of H-pyrrole nitrogens is 1. The van der Waals surface area contributed by atoms with Crippen molar-refractivity contribution in [2.45, 2.75) is 26.2 Å². The van der Waals surface area contributed by atoms with Gasteiger partial charge in [-0.3, -0.25) is 9.78 Å². The lowest BCUT2D eigenvalue weighted by Crippen LogP contribution is -2.18. The van der Waals surface area contributed by atoms with Crippen LogP contribution >= 0.6 is 0 Å². The molecule has 1 rings (SSSR count). The van der Waals surface area contributed by atoms with Crippen molar-refractivity contribution in [3.63, 3.8) is 0 Å². The van der Waals surface area contributed by atoms with E-state index in [2.05, 4.69) is 23.5 Å². The van der Waals surface area contributed by atoms with Gasteiger partial charge in [0.05, 0.1) is 5.69 Å². The van der Waals surface area contributed by atoms with Gasteiger partial charge in [-0.1, -0.05) is 13.0 Å². The highest BCUT2D eigenvalue weighted by molar-refractivity contribution is 5.42. The van der Waals surface area contributed by atoms with Crippen molar-refractivity contribution in [1.29, 1.82) is 0 Å². The molecule has 88 valence electrons. The minimum absolute atomic E-state index is 0.117. The number of anilines is 2. The zero-order valence-corrected chi connectivity index (χ0v) is 9.49. The maximum atomic E-state index is 11.3. The molecule has 5 heteroatoms. The summed E-state index contributed by atoms with van der Waals surface area (Å²) in [6, 6.07) is 0. The molecule has 0 amide bonds. The van der Waals surface area contributed by atoms with E-state index in [1.54, 1.807) is 0 Å². The maximum Gasteiger partial charge on any atom is 0.275 e. The molecule has 1 unspecified atom stereocenters. The first-order valence-corrected chi connectivity index (χ1v) is 5.31. The van der Waals surface area contributed by atoms with Gasteiger partial charge in [-0.2, -0.15) is 0 Å². The van der Waals surface area contributed by atoms with Crippen LogP contribution in [0.2, 0.25) is 0 Å². The second-order valence-electron chi connectivity index (χ2n) is 3.92. The summed E-state index contributed by atoms with van der Waals surface area (Å²) < 4.78 is 0. The first kappa shape index (κ1) is 12.3. The van der Waals surface area contributed by atoms with E-state index >= 15 is 0 Å². The number of aromatic nitrogens is 2. The molecule has 0 aromatic carbocycles. The van der Waals surface area contributed by atoms with Crippen molar-refractivity contribution >= 4 is 11.6 Å². The van der Waals surface area contributed by atoms with Crippen LogP contribution in [-0.2, 0) is 6.42 Å². The van der Waals surface area contributed by atoms with Gasteiger partial charge in [-0.25, -0.2) is 4.98 Å². The van der Waals surface area contributed by atoms with Gasteiger partial charge in [-0.15, -0.1) is 6.58 Å². The normalized spacial score (nSPS) is 12.3. The van der Waals surface area contributed by atoms with Crippen molar-refractivity contribution in [2.75, 3.05) is 11.5 Å². The molecule has 0 saturated heterocycles. The largest absolute Gasteiger partial charge is 0.393 e. The number of nitrogens with one attached hydrogen (secondary N) is 1. The Morgan fingerprint density at radius 1 is 1.56 bits per heavy atom. The first-order chi connectivity index (χ1) is 7.54. The molecule has 5 N–H and O–H groups in total. The highest BCUT2D eigenvalue weighted by Crippen LogP contribution is 2.12. The van der Waals surface area contributed by atoms with Crippen LogP contribution in [0.25, 0.3) is 0 Å². The molecule has 0 aliphatic carbocycles. The van der Waals surface area contributed by atoms with Crippen molar-refractivity contribution in [1.82, 2.24) is 9.97 Å². The summed E-state index contributed by atoms with van der Waals surface area (Å²) in [7, 11) is 0. The average Bonchev–Trinajstić information content (AvgIpc) is 2.24. The molecule has 1 aromatic heterocycles. The van der Waals surface area contributed by atoms with Crippen LogP contribution in [0.1, 0.15) is 25.5 Å². The van der Waals surface area contributed by atoms with Gasteiger partial charge in [0, 0.05) is 0 Å². The van der Waals surface area contributed by atoms with Crippen molar-refractivity contribution < 1.29 is 0 Å². The third-order valence-electron chi connectivity index (χ3n) is 2.53. The second kappa shape index (κ2) is 5.34. The highest BCUT2D eigenvalue weighted by atomic mass is 16.1. The number of allylic oxidation sites excluding steroid dienone is 1. The molecule has 0 aliphatic heterocycles. The Morgan fingerprint density at radius 2 is 2.25 bits per heavy atom. The van der Waals surface area contributed by atoms with Crippen molar-refractivity contribution in [3.8, 4) is 0 Å². The second-order valence-corrected chi connectivity index (χ2v) is 3.92. The van der Waals surface area contributed by atoms with Gasteiger partial charge in [-0.05, 0) is 25.2 Å². The molecule has 1 aromatic rings. The van der Waals surface area contributed by atoms with Gasteiger partial charge in [0.1, 0.15) is 5.69 Å². The highest BCUT2D eigenvalue weighted by Gasteiger charge is 2.07. The molecule has 0 bridgehead atoms. The minimum atomic E-state index is -0.362. The van der Waals surface area contributed by atoms with E-state index < -0.39 is 0 Å². The molecule has 16 heavy (non-hydrogen) atoms. The number of hydrogen-bond donors (Lipinski definition) is 3. The van der Waals surface area contributed by atoms with E-state index in [4.69, 9.17) is 11.5 Å². The smallest absolute Gasteiger partial charge is 0.275 e. The van der Waals surface area contributed by atoms with Crippen LogP contribution in [0.5, 0.6) is 0 Å². The van der Waals surface area contributed by atoms with Crippen molar-refractivity contribution in [2.24, 2.45) is 5.92 Å². The number of aryl methyl sites for hydroxylation is 1. The molecule has 0 radical (unpaired) electrons. The van der Waals surface area contributed by atoms with Crippen LogP contribution in [0, 0.1) is 5.92 Å². The molecular formula is C11H18N4O. The van der Waals surface area contributed by atoms with Gasteiger partial charge in [0.25, 0.3) is 5.56 Å². The summed E-state index contributed by atoms with van der Waals surface area (Å²) in [5.41, 5.74) is 11.5. The summed E-state index contributed by atoms with van der Waals surface area (Å²) >= 11 is 0. The van der Waals surface area contributed by atoms with Crippen LogP contribution < -0.4 is 17.0 Å². The monoisotopic (exact) mass is 222 g/mol. The Balaban J connectivity index is 2.67. The third kappa shape index (κ3) is 3.12. The van der Waals surface area contributed by atoms with E-state index in [0.29, 0.717) is 18.0 Å². The van der Waals surface area contributed by atoms with E-state index in [1.807, 2.05) is 6.08 Å². The maximum absolute atomic E-state index is 11.3. The van der Waals surface area contributed by atoms with Gasteiger partial charge in [0.15, 0.2) is 0 Å². The number of hydrogen-bond acceptors (Lipinski definition) is 4. The standard InChI is InChI=1S/C11H18N4O/c1-3-7(2)5-4-6-8-9(12)10(16)15-11(13)14-8/h3,7H,1,4-6,12H2,2H3,(H3,13,14,15,16). The number of nitrogens with two attached hydrogens (primary N) is 2. The number of rotatable bonds is 5. The summed E-state index contributed by atoms with van der Waals surface area (Å²) in [6.07, 6.45) is 4.48. The fraction of sp³-hybridized carbons (Fsp3) is 0.455. The molecule has 0 spiro atoms. The Hall–Kier alpha value is -1.78. The van der Waals surface area contributed by atoms with Crippen LogP contribution in [0.4, 0.5) is 11.6 Å². The molecule has 0 saturated carbocycles. The van der Waals surface area contributed by atoms with Crippen LogP contribution in [0.3, 0.4) is 0 Å². The molecular weight excluding hydrogens is 204 g/mol. The zero-order chi connectivity index (χ0) is 12.1. The predicted molar refractivity (Wildman–Crippen MR) is 66.0 cm³/mol. The average molecular weight is 222 g/mol. The lowest BCUT2D eigenvalue weighted by atomic mass is 10.0. The summed E-state index contributed by atoms with van der Waals surface area (Å²) in [4.78, 5) is 17.7. The fourth-order valence-corrected chi connectivity index (χ4v) is 1.45. The van der Waals surface area contributed by atoms with Crippen LogP contribution in [-0.4, -0.2) is 9.97 Å². The number of nitrogens with zero attached hydrogens (tertiary/aromatic N) is 1. The summed E-state index contributed by atoms with van der Waals surface area (Å²) in [5, 5.41) is 0. The molecule has 0 aliphatic rings. The Morgan fingerprint density at radius 3 is 2.88 bits per heavy atom. The summed E-state index contributed by atoms with van der Waals surface area (Å²) in [6.45, 7) is 5.81. The quantitative estimate of drug-likeness (QED) is 0.649. The van der Waals surface area contributed by atoms with E-state index in [-0.39, 0.29) is 17.2 Å². The van der Waals surface area contributed by atoms with E-state index in [0.717, 1.165) is 12.8 Å². The number of nitrogen functional groups attached to an aromatic ring is 2. The SMILES string of the molecule is C=CC(C)CCCc1nc(N)[nH]c(=O)c1N. The Bertz CT molecular complexity index is 424. The van der Waals surface area contributed by atoms with E-state index in [1.165, 1.54) is 0 Å². The van der Waals surface area contributed by atoms with Crippen LogP contribution in [0.15, 0.2) is 17.4 Å². The molecule has 1 heterocycles. The topological polar surface area (TPSA) is 97.8 Å².